The van der Waals surface area contributed by atoms with E-state index in [2.05, 4.69) is 49.9 Å². The molecule has 0 spiro atoms. The molecule has 0 saturated carbocycles. The molecule has 0 aromatic carbocycles. The minimum atomic E-state index is 0.0517. The second kappa shape index (κ2) is 8.63. The Kier molecular flexibility index (Phi) is 7.52. The molecule has 2 atom stereocenters. The van der Waals surface area contributed by atoms with Crippen molar-refractivity contribution in [3.05, 3.63) is 0 Å². The van der Waals surface area contributed by atoms with Gasteiger partial charge in [-0.05, 0) is 33.7 Å². The first-order valence-corrected chi connectivity index (χ1v) is 8.28. The number of carbonyl (C=O) groups excluding carboxylic acids is 1. The topological polar surface area (TPSA) is 35.6 Å². The fourth-order valence-corrected chi connectivity index (χ4v) is 2.66. The average molecular weight is 283 g/mol. The van der Waals surface area contributed by atoms with Crippen LogP contribution in [0.3, 0.4) is 0 Å². The maximum Gasteiger partial charge on any atom is 0.241 e. The van der Waals surface area contributed by atoms with E-state index in [9.17, 15) is 4.79 Å². The number of rotatable bonds is 9. The highest BCUT2D eigenvalue weighted by molar-refractivity contribution is 5.84. The van der Waals surface area contributed by atoms with Crippen molar-refractivity contribution in [2.75, 3.05) is 20.1 Å². The van der Waals surface area contributed by atoms with Crippen LogP contribution in [0.1, 0.15) is 59.8 Å². The van der Waals surface area contributed by atoms with Crippen molar-refractivity contribution < 1.29 is 4.79 Å². The van der Waals surface area contributed by atoms with Crippen LogP contribution in [0.15, 0.2) is 0 Å². The SMILES string of the molecule is CCCCC1NC(CCC)N(CCN(C)C(C)C)C1=O. The van der Waals surface area contributed by atoms with E-state index in [4.69, 9.17) is 0 Å². The van der Waals surface area contributed by atoms with E-state index in [1.807, 2.05) is 0 Å². The van der Waals surface area contributed by atoms with Crippen molar-refractivity contribution in [3.8, 4) is 0 Å². The molecule has 4 nitrogen and oxygen atoms in total. The van der Waals surface area contributed by atoms with Crippen LogP contribution in [-0.4, -0.2) is 54.1 Å². The third-order valence-electron chi connectivity index (χ3n) is 4.33. The van der Waals surface area contributed by atoms with Crippen molar-refractivity contribution in [2.24, 2.45) is 0 Å². The van der Waals surface area contributed by atoms with Gasteiger partial charge in [-0.25, -0.2) is 0 Å². The lowest BCUT2D eigenvalue weighted by Gasteiger charge is -2.28. The summed E-state index contributed by atoms with van der Waals surface area (Å²) in [6, 6.07) is 0.581. The largest absolute Gasteiger partial charge is 0.325 e. The molecule has 0 aromatic rings. The smallest absolute Gasteiger partial charge is 0.241 e. The number of nitrogens with one attached hydrogen (secondary N) is 1. The summed E-state index contributed by atoms with van der Waals surface area (Å²) in [4.78, 5) is 16.9. The van der Waals surface area contributed by atoms with Crippen LogP contribution in [0.25, 0.3) is 0 Å². The molecular formula is C16H33N3O. The first-order chi connectivity index (χ1) is 9.51. The van der Waals surface area contributed by atoms with Gasteiger partial charge in [-0.15, -0.1) is 0 Å². The van der Waals surface area contributed by atoms with Gasteiger partial charge >= 0.3 is 0 Å². The van der Waals surface area contributed by atoms with E-state index in [1.54, 1.807) is 0 Å². The summed E-state index contributed by atoms with van der Waals surface area (Å²) in [5.74, 6) is 0.314. The number of unbranched alkanes of at least 4 members (excludes halogenated alkanes) is 1. The van der Waals surface area contributed by atoms with Crippen LogP contribution in [0.2, 0.25) is 0 Å². The van der Waals surface area contributed by atoms with E-state index >= 15 is 0 Å². The number of hydrogen-bond acceptors (Lipinski definition) is 3. The first kappa shape index (κ1) is 17.4. The standard InChI is InChI=1S/C16H33N3O/c1-6-8-10-14-16(20)19(15(17-14)9-7-2)12-11-18(5)13(3)4/h13-15,17H,6-12H2,1-5H3. The molecule has 1 rings (SSSR count). The number of nitrogens with zero attached hydrogens (tertiary/aromatic N) is 2. The van der Waals surface area contributed by atoms with Crippen LogP contribution in [0.5, 0.6) is 0 Å². The van der Waals surface area contributed by atoms with Gasteiger partial charge in [0.05, 0.1) is 12.2 Å². The van der Waals surface area contributed by atoms with Crippen LogP contribution >= 0.6 is 0 Å². The Balaban J connectivity index is 2.57. The summed E-state index contributed by atoms with van der Waals surface area (Å²) in [6.45, 7) is 10.5. The second-order valence-electron chi connectivity index (χ2n) is 6.27. The predicted molar refractivity (Wildman–Crippen MR) is 84.6 cm³/mol. The summed E-state index contributed by atoms with van der Waals surface area (Å²) in [6.07, 6.45) is 5.67. The van der Waals surface area contributed by atoms with Crippen LogP contribution in [0.4, 0.5) is 0 Å². The summed E-state index contributed by atoms with van der Waals surface area (Å²) < 4.78 is 0. The Labute approximate surface area is 124 Å². The lowest BCUT2D eigenvalue weighted by molar-refractivity contribution is -0.130. The molecule has 0 radical (unpaired) electrons. The van der Waals surface area contributed by atoms with Gasteiger partial charge in [-0.2, -0.15) is 0 Å². The average Bonchev–Trinajstić information content (AvgIpc) is 2.70. The molecule has 2 unspecified atom stereocenters. The van der Waals surface area contributed by atoms with E-state index in [0.717, 1.165) is 45.2 Å². The predicted octanol–water partition coefficient (Wildman–Crippen LogP) is 2.44. The zero-order valence-corrected chi connectivity index (χ0v) is 14.0. The zero-order valence-electron chi connectivity index (χ0n) is 14.0. The summed E-state index contributed by atoms with van der Waals surface area (Å²) in [5.41, 5.74) is 0. The minimum absolute atomic E-state index is 0.0517. The molecule has 1 N–H and O–H groups in total. The molecule has 1 aliphatic rings. The molecule has 118 valence electrons. The highest BCUT2D eigenvalue weighted by Crippen LogP contribution is 2.18. The maximum atomic E-state index is 12.5. The van der Waals surface area contributed by atoms with Crippen molar-refractivity contribution in [3.63, 3.8) is 0 Å². The molecule has 20 heavy (non-hydrogen) atoms. The highest BCUT2D eigenvalue weighted by atomic mass is 16.2. The van der Waals surface area contributed by atoms with Crippen molar-refractivity contribution >= 4 is 5.91 Å². The van der Waals surface area contributed by atoms with Crippen molar-refractivity contribution in [1.82, 2.24) is 15.1 Å². The molecule has 0 aliphatic carbocycles. The Bertz CT molecular complexity index is 293. The maximum absolute atomic E-state index is 12.5. The normalized spacial score (nSPS) is 23.4. The quantitative estimate of drug-likeness (QED) is 0.706. The van der Waals surface area contributed by atoms with E-state index in [1.165, 1.54) is 0 Å². The molecule has 1 fully saturated rings. The number of likely N-dealkylation sites (N-methyl/N-ethyl adjacent to an activating group) is 1. The second-order valence-corrected chi connectivity index (χ2v) is 6.27. The third-order valence-corrected chi connectivity index (χ3v) is 4.33. The zero-order chi connectivity index (χ0) is 15.1. The van der Waals surface area contributed by atoms with Gasteiger partial charge in [0.1, 0.15) is 0 Å². The Morgan fingerprint density at radius 2 is 1.95 bits per heavy atom. The van der Waals surface area contributed by atoms with E-state index < -0.39 is 0 Å². The minimum Gasteiger partial charge on any atom is -0.325 e. The number of amides is 1. The van der Waals surface area contributed by atoms with E-state index in [-0.39, 0.29) is 12.2 Å². The monoisotopic (exact) mass is 283 g/mol. The van der Waals surface area contributed by atoms with E-state index in [0.29, 0.717) is 11.9 Å². The fourth-order valence-electron chi connectivity index (χ4n) is 2.66. The van der Waals surface area contributed by atoms with Crippen molar-refractivity contribution in [1.29, 1.82) is 0 Å². The Morgan fingerprint density at radius 1 is 1.25 bits per heavy atom. The van der Waals surface area contributed by atoms with Gasteiger partial charge in [-0.1, -0.05) is 33.1 Å². The van der Waals surface area contributed by atoms with Crippen LogP contribution in [-0.2, 0) is 4.79 Å². The van der Waals surface area contributed by atoms with Gasteiger partial charge in [0.15, 0.2) is 0 Å². The van der Waals surface area contributed by atoms with Crippen LogP contribution in [0, 0.1) is 0 Å². The summed E-state index contributed by atoms with van der Waals surface area (Å²) in [7, 11) is 2.13. The molecule has 0 aromatic heterocycles. The molecule has 1 saturated heterocycles. The van der Waals surface area contributed by atoms with Crippen LogP contribution < -0.4 is 5.32 Å². The lowest BCUT2D eigenvalue weighted by atomic mass is 10.1. The number of hydrogen-bond donors (Lipinski definition) is 1. The lowest BCUT2D eigenvalue weighted by Crippen LogP contribution is -2.42. The van der Waals surface area contributed by atoms with Gasteiger partial charge in [0.25, 0.3) is 0 Å². The fraction of sp³-hybridized carbons (Fsp3) is 0.938. The summed E-state index contributed by atoms with van der Waals surface area (Å²) in [5, 5.41) is 3.54. The highest BCUT2D eigenvalue weighted by Gasteiger charge is 2.37. The molecule has 0 bridgehead atoms. The van der Waals surface area contributed by atoms with Crippen molar-refractivity contribution in [2.45, 2.75) is 78.0 Å². The number of carbonyl (C=O) groups is 1. The molecular weight excluding hydrogens is 250 g/mol. The molecule has 1 heterocycles. The van der Waals surface area contributed by atoms with Gasteiger partial charge in [0, 0.05) is 19.1 Å². The van der Waals surface area contributed by atoms with Gasteiger partial charge in [-0.3, -0.25) is 10.1 Å². The first-order valence-electron chi connectivity index (χ1n) is 8.28. The van der Waals surface area contributed by atoms with Gasteiger partial charge < -0.3 is 9.80 Å². The Hall–Kier alpha value is -0.610. The Morgan fingerprint density at radius 3 is 2.50 bits per heavy atom. The molecule has 1 amide bonds. The molecule has 4 heteroatoms. The van der Waals surface area contributed by atoms with Gasteiger partial charge in [0.2, 0.25) is 5.91 Å². The summed E-state index contributed by atoms with van der Waals surface area (Å²) >= 11 is 0. The molecule has 1 aliphatic heterocycles. The third kappa shape index (κ3) is 4.74.